The zero-order valence-electron chi connectivity index (χ0n) is 10.1. The molecule has 3 nitrogen and oxygen atoms in total. The van der Waals surface area contributed by atoms with Crippen LogP contribution in [0.2, 0.25) is 0 Å². The maximum absolute atomic E-state index is 11.0. The summed E-state index contributed by atoms with van der Waals surface area (Å²) in [6, 6.07) is 7.91. The molecule has 2 atom stereocenters. The van der Waals surface area contributed by atoms with Gasteiger partial charge in [0, 0.05) is 0 Å². The predicted molar refractivity (Wildman–Crippen MR) is 65.2 cm³/mol. The lowest BCUT2D eigenvalue weighted by Gasteiger charge is -2.18. The van der Waals surface area contributed by atoms with Crippen LogP contribution in [0.4, 0.5) is 0 Å². The molecule has 17 heavy (non-hydrogen) atoms. The second-order valence-electron chi connectivity index (χ2n) is 4.53. The van der Waals surface area contributed by atoms with Crippen molar-refractivity contribution in [3.8, 4) is 5.75 Å². The minimum atomic E-state index is -0.738. The molecule has 1 aliphatic carbocycles. The van der Waals surface area contributed by atoms with Crippen LogP contribution < -0.4 is 4.74 Å². The van der Waals surface area contributed by atoms with Crippen molar-refractivity contribution >= 4 is 5.97 Å². The molecule has 0 saturated heterocycles. The predicted octanol–water partition coefficient (Wildman–Crippen LogP) is 2.88. The molecule has 0 aromatic heterocycles. The Morgan fingerprint density at radius 2 is 2.06 bits per heavy atom. The monoisotopic (exact) mass is 234 g/mol. The molecule has 1 N–H and O–H groups in total. The second-order valence-corrected chi connectivity index (χ2v) is 4.53. The molecule has 1 aliphatic rings. The average Bonchev–Trinajstić information content (AvgIpc) is 2.78. The summed E-state index contributed by atoms with van der Waals surface area (Å²) in [5.41, 5.74) is 1.26. The van der Waals surface area contributed by atoms with E-state index >= 15 is 0 Å². The number of carboxylic acid groups (broad SMARTS) is 1. The van der Waals surface area contributed by atoms with E-state index in [-0.39, 0.29) is 12.0 Å². The van der Waals surface area contributed by atoms with Crippen LogP contribution in [0.5, 0.6) is 5.75 Å². The van der Waals surface area contributed by atoms with Gasteiger partial charge in [0.2, 0.25) is 0 Å². The Kier molecular flexibility index (Phi) is 3.67. The molecule has 3 heteroatoms. The van der Waals surface area contributed by atoms with Gasteiger partial charge in [-0.3, -0.25) is 4.79 Å². The van der Waals surface area contributed by atoms with Gasteiger partial charge >= 0.3 is 5.97 Å². The van der Waals surface area contributed by atoms with E-state index in [1.165, 1.54) is 5.56 Å². The molecule has 0 aliphatic heterocycles. The fourth-order valence-electron chi connectivity index (χ4n) is 2.33. The summed E-state index contributed by atoms with van der Waals surface area (Å²) in [5, 5.41) is 9.06. The Bertz CT molecular complexity index is 383. The van der Waals surface area contributed by atoms with Gasteiger partial charge in [-0.25, -0.2) is 0 Å². The van der Waals surface area contributed by atoms with Crippen molar-refractivity contribution in [3.05, 3.63) is 29.8 Å². The summed E-state index contributed by atoms with van der Waals surface area (Å²) in [6.07, 6.45) is 3.34. The van der Waals surface area contributed by atoms with Gasteiger partial charge in [0.1, 0.15) is 11.9 Å². The van der Waals surface area contributed by atoms with Gasteiger partial charge in [-0.05, 0) is 43.4 Å². The van der Waals surface area contributed by atoms with Crippen molar-refractivity contribution in [3.63, 3.8) is 0 Å². The first-order chi connectivity index (χ1) is 8.20. The van der Waals surface area contributed by atoms with Crippen LogP contribution in [-0.4, -0.2) is 17.2 Å². The standard InChI is InChI=1S/C14H18O3/c1-2-10-6-8-11(9-7-10)17-13-5-3-4-12(13)14(15)16/h6-9,12-13H,2-5H2,1H3,(H,15,16). The molecule has 1 fully saturated rings. The number of carbonyl (C=O) groups is 1. The molecule has 2 unspecified atom stereocenters. The van der Waals surface area contributed by atoms with Gasteiger partial charge in [0.25, 0.3) is 0 Å². The third-order valence-corrected chi connectivity index (χ3v) is 3.39. The van der Waals surface area contributed by atoms with E-state index in [1.807, 2.05) is 24.3 Å². The summed E-state index contributed by atoms with van der Waals surface area (Å²) in [6.45, 7) is 2.10. The van der Waals surface area contributed by atoms with Crippen molar-refractivity contribution in [1.82, 2.24) is 0 Å². The zero-order chi connectivity index (χ0) is 12.3. The number of hydrogen-bond donors (Lipinski definition) is 1. The minimum absolute atomic E-state index is 0.167. The van der Waals surface area contributed by atoms with Crippen LogP contribution in [-0.2, 0) is 11.2 Å². The van der Waals surface area contributed by atoms with Gasteiger partial charge in [-0.15, -0.1) is 0 Å². The van der Waals surface area contributed by atoms with E-state index in [1.54, 1.807) is 0 Å². The molecule has 1 saturated carbocycles. The maximum Gasteiger partial charge on any atom is 0.310 e. The van der Waals surface area contributed by atoms with Crippen LogP contribution in [0, 0.1) is 5.92 Å². The molecular formula is C14H18O3. The van der Waals surface area contributed by atoms with Crippen LogP contribution in [0.1, 0.15) is 31.7 Å². The Morgan fingerprint density at radius 3 is 2.65 bits per heavy atom. The highest BCUT2D eigenvalue weighted by Crippen LogP contribution is 2.30. The van der Waals surface area contributed by atoms with Crippen LogP contribution >= 0.6 is 0 Å². The quantitative estimate of drug-likeness (QED) is 0.871. The largest absolute Gasteiger partial charge is 0.490 e. The van der Waals surface area contributed by atoms with E-state index in [4.69, 9.17) is 9.84 Å². The normalized spacial score (nSPS) is 23.6. The molecule has 0 bridgehead atoms. The summed E-state index contributed by atoms with van der Waals surface area (Å²) in [7, 11) is 0. The van der Waals surface area contributed by atoms with Crippen molar-refractivity contribution < 1.29 is 14.6 Å². The number of rotatable bonds is 4. The summed E-state index contributed by atoms with van der Waals surface area (Å²) in [4.78, 5) is 11.0. The number of carboxylic acids is 1. The lowest BCUT2D eigenvalue weighted by Crippen LogP contribution is -2.27. The first-order valence-electron chi connectivity index (χ1n) is 6.19. The van der Waals surface area contributed by atoms with E-state index < -0.39 is 5.97 Å². The first-order valence-corrected chi connectivity index (χ1v) is 6.19. The highest BCUT2D eigenvalue weighted by Gasteiger charge is 2.34. The first kappa shape index (κ1) is 12.0. The summed E-state index contributed by atoms with van der Waals surface area (Å²) < 4.78 is 5.77. The number of ether oxygens (including phenoxy) is 1. The Hall–Kier alpha value is -1.51. The highest BCUT2D eigenvalue weighted by molar-refractivity contribution is 5.71. The van der Waals surface area contributed by atoms with Crippen molar-refractivity contribution in [2.75, 3.05) is 0 Å². The molecule has 2 rings (SSSR count). The van der Waals surface area contributed by atoms with Gasteiger partial charge in [-0.2, -0.15) is 0 Å². The second kappa shape index (κ2) is 5.21. The van der Waals surface area contributed by atoms with Crippen LogP contribution in [0.25, 0.3) is 0 Å². The maximum atomic E-state index is 11.0. The highest BCUT2D eigenvalue weighted by atomic mass is 16.5. The molecule has 0 amide bonds. The lowest BCUT2D eigenvalue weighted by molar-refractivity contribution is -0.143. The van der Waals surface area contributed by atoms with E-state index in [2.05, 4.69) is 6.92 Å². The van der Waals surface area contributed by atoms with Gasteiger partial charge in [0.05, 0.1) is 5.92 Å². The molecule has 1 aromatic carbocycles. The number of hydrogen-bond acceptors (Lipinski definition) is 2. The zero-order valence-corrected chi connectivity index (χ0v) is 10.1. The Balaban J connectivity index is 2.02. The van der Waals surface area contributed by atoms with E-state index in [9.17, 15) is 4.79 Å². The molecule has 1 aromatic rings. The third kappa shape index (κ3) is 2.78. The number of aryl methyl sites for hydroxylation is 1. The minimum Gasteiger partial charge on any atom is -0.490 e. The van der Waals surface area contributed by atoms with E-state index in [0.717, 1.165) is 31.4 Å². The van der Waals surface area contributed by atoms with Crippen molar-refractivity contribution in [2.24, 2.45) is 5.92 Å². The summed E-state index contributed by atoms with van der Waals surface area (Å²) in [5.74, 6) is -0.307. The van der Waals surface area contributed by atoms with Crippen LogP contribution in [0.3, 0.4) is 0 Å². The van der Waals surface area contributed by atoms with Crippen LogP contribution in [0.15, 0.2) is 24.3 Å². The molecule has 0 heterocycles. The fourth-order valence-corrected chi connectivity index (χ4v) is 2.33. The van der Waals surface area contributed by atoms with Crippen molar-refractivity contribution in [1.29, 1.82) is 0 Å². The van der Waals surface area contributed by atoms with Gasteiger partial charge in [0.15, 0.2) is 0 Å². The Labute approximate surface area is 101 Å². The van der Waals surface area contributed by atoms with E-state index in [0.29, 0.717) is 0 Å². The summed E-state index contributed by atoms with van der Waals surface area (Å²) >= 11 is 0. The van der Waals surface area contributed by atoms with Gasteiger partial charge in [-0.1, -0.05) is 19.1 Å². The molecule has 0 spiro atoms. The molecule has 92 valence electrons. The van der Waals surface area contributed by atoms with Crippen molar-refractivity contribution in [2.45, 2.75) is 38.7 Å². The number of benzene rings is 1. The lowest BCUT2D eigenvalue weighted by atomic mass is 10.1. The SMILES string of the molecule is CCc1ccc(OC2CCCC2C(=O)O)cc1. The Morgan fingerprint density at radius 1 is 1.35 bits per heavy atom. The smallest absolute Gasteiger partial charge is 0.310 e. The fraction of sp³-hybridized carbons (Fsp3) is 0.500. The third-order valence-electron chi connectivity index (χ3n) is 3.39. The number of aliphatic carboxylic acids is 1. The topological polar surface area (TPSA) is 46.5 Å². The molecular weight excluding hydrogens is 216 g/mol. The average molecular weight is 234 g/mol. The van der Waals surface area contributed by atoms with Gasteiger partial charge < -0.3 is 9.84 Å². The molecule has 0 radical (unpaired) electrons.